The second-order valence-corrected chi connectivity index (χ2v) is 11.7. The SMILES string of the molecule is CC1CCCC(C)N1S(=O)(=O)c1ccc(NS(=O)(=O)c2ccc3c(c2)CC(=O)N3)cc1. The van der Waals surface area contributed by atoms with Crippen molar-refractivity contribution < 1.29 is 21.6 Å². The summed E-state index contributed by atoms with van der Waals surface area (Å²) in [6, 6.07) is 10.0. The molecule has 0 spiro atoms. The third-order valence-corrected chi connectivity index (χ3v) is 9.33. The molecule has 166 valence electrons. The summed E-state index contributed by atoms with van der Waals surface area (Å²) in [7, 11) is -7.56. The Morgan fingerprint density at radius 2 is 1.55 bits per heavy atom. The van der Waals surface area contributed by atoms with Gasteiger partial charge in [0.15, 0.2) is 0 Å². The maximum Gasteiger partial charge on any atom is 0.261 e. The molecule has 2 unspecified atom stereocenters. The molecule has 1 saturated heterocycles. The molecule has 2 aromatic rings. The topological polar surface area (TPSA) is 113 Å². The number of carbonyl (C=O) groups excluding carboxylic acids is 1. The van der Waals surface area contributed by atoms with Gasteiger partial charge < -0.3 is 5.32 Å². The molecule has 10 heteroatoms. The molecule has 2 aromatic carbocycles. The van der Waals surface area contributed by atoms with Crippen LogP contribution in [0.4, 0.5) is 11.4 Å². The van der Waals surface area contributed by atoms with Crippen LogP contribution in [0.2, 0.25) is 0 Å². The van der Waals surface area contributed by atoms with E-state index in [2.05, 4.69) is 10.0 Å². The van der Waals surface area contributed by atoms with Gasteiger partial charge in [0.05, 0.1) is 16.2 Å². The zero-order valence-corrected chi connectivity index (χ0v) is 19.0. The minimum Gasteiger partial charge on any atom is -0.326 e. The van der Waals surface area contributed by atoms with Crippen LogP contribution < -0.4 is 10.0 Å². The first kappa shape index (κ1) is 21.8. The molecule has 2 N–H and O–H groups in total. The third kappa shape index (κ3) is 4.19. The van der Waals surface area contributed by atoms with Crippen molar-refractivity contribution in [2.45, 2.75) is 61.4 Å². The predicted octanol–water partition coefficient (Wildman–Crippen LogP) is 2.93. The minimum atomic E-state index is -3.89. The van der Waals surface area contributed by atoms with Crippen LogP contribution in [-0.4, -0.2) is 39.1 Å². The second-order valence-electron chi connectivity index (χ2n) is 8.14. The van der Waals surface area contributed by atoms with Crippen LogP contribution in [0.5, 0.6) is 0 Å². The van der Waals surface area contributed by atoms with E-state index in [1.807, 2.05) is 13.8 Å². The first-order chi connectivity index (χ1) is 14.6. The van der Waals surface area contributed by atoms with Gasteiger partial charge >= 0.3 is 0 Å². The number of anilines is 2. The lowest BCUT2D eigenvalue weighted by Crippen LogP contribution is -2.47. The van der Waals surface area contributed by atoms with Crippen LogP contribution in [0.25, 0.3) is 0 Å². The fourth-order valence-corrected chi connectivity index (χ4v) is 7.27. The highest BCUT2D eigenvalue weighted by molar-refractivity contribution is 7.92. The quantitative estimate of drug-likeness (QED) is 0.708. The monoisotopic (exact) mass is 463 g/mol. The lowest BCUT2D eigenvalue weighted by molar-refractivity contribution is -0.115. The number of amides is 1. The van der Waals surface area contributed by atoms with E-state index in [1.165, 1.54) is 36.4 Å². The normalized spacial score (nSPS) is 22.1. The largest absolute Gasteiger partial charge is 0.326 e. The molecule has 4 rings (SSSR count). The molecule has 8 nitrogen and oxygen atoms in total. The van der Waals surface area contributed by atoms with Gasteiger partial charge in [0.25, 0.3) is 10.0 Å². The van der Waals surface area contributed by atoms with Gasteiger partial charge in [0.1, 0.15) is 0 Å². The Hall–Kier alpha value is -2.43. The summed E-state index contributed by atoms with van der Waals surface area (Å²) in [6.07, 6.45) is 2.78. The molecule has 0 bridgehead atoms. The molecule has 2 aliphatic heterocycles. The molecule has 0 radical (unpaired) electrons. The zero-order valence-electron chi connectivity index (χ0n) is 17.3. The maximum atomic E-state index is 13.1. The second kappa shape index (κ2) is 7.92. The number of nitrogens with zero attached hydrogens (tertiary/aromatic N) is 1. The van der Waals surface area contributed by atoms with E-state index < -0.39 is 20.0 Å². The van der Waals surface area contributed by atoms with Crippen LogP contribution in [0.3, 0.4) is 0 Å². The molecule has 0 aliphatic carbocycles. The minimum absolute atomic E-state index is 0.0374. The molecule has 0 aromatic heterocycles. The van der Waals surface area contributed by atoms with Crippen molar-refractivity contribution in [3.63, 3.8) is 0 Å². The lowest BCUT2D eigenvalue weighted by atomic mass is 10.0. The Morgan fingerprint density at radius 1 is 0.935 bits per heavy atom. The predicted molar refractivity (Wildman–Crippen MR) is 118 cm³/mol. The summed E-state index contributed by atoms with van der Waals surface area (Å²) < 4.78 is 55.8. The highest BCUT2D eigenvalue weighted by Crippen LogP contribution is 2.31. The molecular formula is C21H25N3O5S2. The molecule has 2 atom stereocenters. The van der Waals surface area contributed by atoms with Crippen LogP contribution in [0.15, 0.2) is 52.3 Å². The van der Waals surface area contributed by atoms with E-state index in [1.54, 1.807) is 10.4 Å². The lowest BCUT2D eigenvalue weighted by Gasteiger charge is -2.37. The van der Waals surface area contributed by atoms with Crippen molar-refractivity contribution >= 4 is 37.3 Å². The van der Waals surface area contributed by atoms with Gasteiger partial charge in [-0.05, 0) is 74.7 Å². The molecule has 0 saturated carbocycles. The van der Waals surface area contributed by atoms with Crippen LogP contribution in [0, 0.1) is 0 Å². The maximum absolute atomic E-state index is 13.1. The Balaban J connectivity index is 1.55. The summed E-state index contributed by atoms with van der Waals surface area (Å²) in [5.41, 5.74) is 1.49. The van der Waals surface area contributed by atoms with E-state index in [0.717, 1.165) is 19.3 Å². The van der Waals surface area contributed by atoms with Gasteiger partial charge in [-0.25, -0.2) is 16.8 Å². The summed E-state index contributed by atoms with van der Waals surface area (Å²) in [6.45, 7) is 3.82. The van der Waals surface area contributed by atoms with Gasteiger partial charge in [0, 0.05) is 23.5 Å². The number of benzene rings is 2. The van der Waals surface area contributed by atoms with Crippen molar-refractivity contribution in [3.8, 4) is 0 Å². The number of rotatable bonds is 5. The van der Waals surface area contributed by atoms with Crippen molar-refractivity contribution in [2.75, 3.05) is 10.0 Å². The molecule has 1 amide bonds. The summed E-state index contributed by atoms with van der Waals surface area (Å²) in [5, 5.41) is 2.66. The van der Waals surface area contributed by atoms with Gasteiger partial charge in [-0.15, -0.1) is 0 Å². The summed E-state index contributed by atoms with van der Waals surface area (Å²) in [4.78, 5) is 11.7. The average molecular weight is 464 g/mol. The Kier molecular flexibility index (Phi) is 5.57. The highest BCUT2D eigenvalue weighted by atomic mass is 32.2. The van der Waals surface area contributed by atoms with Gasteiger partial charge in [-0.1, -0.05) is 6.42 Å². The molecule has 1 fully saturated rings. The van der Waals surface area contributed by atoms with Gasteiger partial charge in [-0.2, -0.15) is 4.31 Å². The fraction of sp³-hybridized carbons (Fsp3) is 0.381. The Labute approximate surface area is 182 Å². The van der Waals surface area contributed by atoms with Crippen molar-refractivity contribution in [1.29, 1.82) is 0 Å². The van der Waals surface area contributed by atoms with E-state index in [9.17, 15) is 21.6 Å². The summed E-state index contributed by atoms with van der Waals surface area (Å²) >= 11 is 0. The number of fused-ring (bicyclic) bond motifs is 1. The van der Waals surface area contributed by atoms with Crippen molar-refractivity contribution in [2.24, 2.45) is 0 Å². The van der Waals surface area contributed by atoms with Gasteiger partial charge in [0.2, 0.25) is 15.9 Å². The molecule has 2 aliphatic rings. The van der Waals surface area contributed by atoms with E-state index >= 15 is 0 Å². The standard InChI is InChI=1S/C21H25N3O5S2/c1-14-4-3-5-15(2)24(14)31(28,29)18-8-6-17(7-9-18)23-30(26,27)19-10-11-20-16(12-19)13-21(25)22-20/h6-12,14-15,23H,3-5,13H2,1-2H3,(H,22,25). The number of sulfonamides is 2. The Bertz CT molecular complexity index is 1210. The number of carbonyl (C=O) groups is 1. The number of hydrogen-bond donors (Lipinski definition) is 2. The third-order valence-electron chi connectivity index (χ3n) is 5.81. The van der Waals surface area contributed by atoms with Crippen LogP contribution >= 0.6 is 0 Å². The first-order valence-electron chi connectivity index (χ1n) is 10.2. The van der Waals surface area contributed by atoms with E-state index in [4.69, 9.17) is 0 Å². The molecule has 31 heavy (non-hydrogen) atoms. The molecular weight excluding hydrogens is 438 g/mol. The van der Waals surface area contributed by atoms with Crippen molar-refractivity contribution in [1.82, 2.24) is 4.31 Å². The van der Waals surface area contributed by atoms with Crippen LogP contribution in [-0.2, 0) is 31.3 Å². The number of hydrogen-bond acceptors (Lipinski definition) is 5. The van der Waals surface area contributed by atoms with Crippen molar-refractivity contribution in [3.05, 3.63) is 48.0 Å². The van der Waals surface area contributed by atoms with E-state index in [-0.39, 0.29) is 39.9 Å². The smallest absolute Gasteiger partial charge is 0.261 e. The first-order valence-corrected chi connectivity index (χ1v) is 13.1. The average Bonchev–Trinajstić information content (AvgIpc) is 3.07. The zero-order chi connectivity index (χ0) is 22.4. The molecule has 2 heterocycles. The van der Waals surface area contributed by atoms with Gasteiger partial charge in [-0.3, -0.25) is 9.52 Å². The highest BCUT2D eigenvalue weighted by Gasteiger charge is 2.35. The summed E-state index contributed by atoms with van der Waals surface area (Å²) in [5.74, 6) is -0.174. The number of piperidine rings is 1. The fourth-order valence-electron chi connectivity index (χ4n) is 4.27. The Morgan fingerprint density at radius 3 is 2.19 bits per heavy atom. The number of nitrogens with one attached hydrogen (secondary N) is 2. The van der Waals surface area contributed by atoms with Crippen LogP contribution in [0.1, 0.15) is 38.7 Å². The van der Waals surface area contributed by atoms with E-state index in [0.29, 0.717) is 11.3 Å².